The molecule has 4 bridgehead atoms. The molecule has 12 nitrogen and oxygen atoms in total. The zero-order chi connectivity index (χ0) is 23.4. The predicted molar refractivity (Wildman–Crippen MR) is 109 cm³/mol. The number of carbonyl (C=O) groups is 3. The van der Waals surface area contributed by atoms with Gasteiger partial charge in [0.1, 0.15) is 11.6 Å². The number of nitrogens with one attached hydrogen (secondary N) is 1. The lowest BCUT2D eigenvalue weighted by molar-refractivity contribution is -0.127. The van der Waals surface area contributed by atoms with Gasteiger partial charge in [0.25, 0.3) is 0 Å². The number of fused-ring (bicyclic) bond motifs is 4. The quantitative estimate of drug-likeness (QED) is 0.575. The summed E-state index contributed by atoms with van der Waals surface area (Å²) < 4.78 is 40.9. The monoisotopic (exact) mass is 474 g/mol. The lowest BCUT2D eigenvalue weighted by Crippen LogP contribution is -2.57. The van der Waals surface area contributed by atoms with Gasteiger partial charge in [-0.3, -0.25) is 9.35 Å². The van der Waals surface area contributed by atoms with Crippen molar-refractivity contribution in [2.75, 3.05) is 6.54 Å². The molecule has 0 aromatic rings. The van der Waals surface area contributed by atoms with E-state index in [0.29, 0.717) is 30.7 Å². The van der Waals surface area contributed by atoms with Crippen molar-refractivity contribution >= 4 is 28.4 Å². The molecule has 32 heavy (non-hydrogen) atoms. The fraction of sp³-hybridized carbons (Fsp3) is 0.842. The molecule has 4 saturated heterocycles. The highest BCUT2D eigenvalue weighted by Crippen LogP contribution is 2.37. The van der Waals surface area contributed by atoms with Crippen molar-refractivity contribution in [3.05, 3.63) is 0 Å². The minimum atomic E-state index is -4.83. The van der Waals surface area contributed by atoms with Crippen LogP contribution in [0.25, 0.3) is 0 Å². The Balaban J connectivity index is 1.36. The number of carbonyl (C=O) groups excluding carboxylic acids is 3. The number of amides is 4. The second kappa shape index (κ2) is 8.03. The first kappa shape index (κ1) is 23.1. The summed E-state index contributed by atoms with van der Waals surface area (Å²) in [5, 5.41) is 3.65. The Labute approximate surface area is 187 Å². The van der Waals surface area contributed by atoms with E-state index in [-0.39, 0.29) is 36.7 Å². The van der Waals surface area contributed by atoms with Crippen LogP contribution >= 0.6 is 0 Å². The van der Waals surface area contributed by atoms with Gasteiger partial charge in [0.05, 0.1) is 6.04 Å². The molecule has 0 saturated carbocycles. The summed E-state index contributed by atoms with van der Waals surface area (Å²) >= 11 is 0. The predicted octanol–water partition coefficient (Wildman–Crippen LogP) is 1.04. The zero-order valence-electron chi connectivity index (χ0n) is 18.4. The molecule has 4 heterocycles. The molecule has 4 amide bonds. The van der Waals surface area contributed by atoms with Gasteiger partial charge in [-0.25, -0.2) is 9.59 Å². The molecule has 0 aliphatic carbocycles. The number of rotatable bonds is 4. The van der Waals surface area contributed by atoms with Crippen LogP contribution in [0.3, 0.4) is 0 Å². The number of ether oxygens (including phenoxy) is 1. The summed E-state index contributed by atoms with van der Waals surface area (Å²) in [6.07, 6.45) is 3.35. The van der Waals surface area contributed by atoms with Crippen molar-refractivity contribution in [1.29, 1.82) is 0 Å². The van der Waals surface area contributed by atoms with Gasteiger partial charge in [0, 0.05) is 24.7 Å². The van der Waals surface area contributed by atoms with Gasteiger partial charge < -0.3 is 19.9 Å². The Morgan fingerprint density at radius 2 is 1.66 bits per heavy atom. The Morgan fingerprint density at radius 1 is 1.06 bits per heavy atom. The molecule has 0 aromatic carbocycles. The summed E-state index contributed by atoms with van der Waals surface area (Å²) in [7, 11) is -4.83. The Morgan fingerprint density at radius 3 is 2.22 bits per heavy atom. The molecule has 0 aromatic heterocycles. The molecule has 4 aliphatic rings. The highest BCUT2D eigenvalue weighted by Gasteiger charge is 2.50. The van der Waals surface area contributed by atoms with E-state index in [4.69, 9.17) is 9.29 Å². The van der Waals surface area contributed by atoms with Gasteiger partial charge in [-0.2, -0.15) is 13.5 Å². The first-order valence-electron chi connectivity index (χ1n) is 10.9. The van der Waals surface area contributed by atoms with E-state index in [0.717, 1.165) is 12.8 Å². The van der Waals surface area contributed by atoms with Crippen molar-refractivity contribution < 1.29 is 36.4 Å². The standard InChI is InChI=1S/C19H30N4O8S/c1-19(2,3)30-18(26)22-12-4-5-13(22)9-11(8-12)20-16(24)15-7-6-14-10-21(15)17(25)23(14)31-32(27,28)29/h11-15H,4-10H2,1-3H3,(H,20,24)(H,27,28,29)/t11?,12?,13?,14-,15+/m1/s1. The molecular weight excluding hydrogens is 444 g/mol. The van der Waals surface area contributed by atoms with Crippen molar-refractivity contribution in [3.8, 4) is 0 Å². The molecule has 4 fully saturated rings. The fourth-order valence-electron chi connectivity index (χ4n) is 5.31. The van der Waals surface area contributed by atoms with E-state index in [2.05, 4.69) is 9.60 Å². The second-order valence-corrected chi connectivity index (χ2v) is 11.0. The molecule has 2 unspecified atom stereocenters. The Kier molecular flexibility index (Phi) is 5.78. The van der Waals surface area contributed by atoms with Crippen molar-refractivity contribution in [2.45, 2.75) is 95.1 Å². The van der Waals surface area contributed by atoms with Gasteiger partial charge in [-0.05, 0) is 59.3 Å². The summed E-state index contributed by atoms with van der Waals surface area (Å²) in [6.45, 7) is 5.64. The molecule has 0 spiro atoms. The van der Waals surface area contributed by atoms with Gasteiger partial charge >= 0.3 is 22.5 Å². The summed E-state index contributed by atoms with van der Waals surface area (Å²) in [5.41, 5.74) is -0.574. The number of hydroxylamine groups is 2. The van der Waals surface area contributed by atoms with E-state index in [1.807, 2.05) is 20.8 Å². The average molecular weight is 475 g/mol. The maximum absolute atomic E-state index is 13.0. The van der Waals surface area contributed by atoms with Crippen molar-refractivity contribution in [3.63, 3.8) is 0 Å². The van der Waals surface area contributed by atoms with E-state index in [9.17, 15) is 22.8 Å². The summed E-state index contributed by atoms with van der Waals surface area (Å²) in [4.78, 5) is 41.2. The smallest absolute Gasteiger partial charge is 0.418 e. The first-order chi connectivity index (χ1) is 14.8. The highest BCUT2D eigenvalue weighted by atomic mass is 32.3. The van der Waals surface area contributed by atoms with Crippen LogP contribution in [-0.2, 0) is 24.2 Å². The van der Waals surface area contributed by atoms with Crippen LogP contribution in [0.2, 0.25) is 0 Å². The van der Waals surface area contributed by atoms with Crippen LogP contribution in [-0.4, -0.2) is 88.2 Å². The summed E-state index contributed by atoms with van der Waals surface area (Å²) in [5.74, 6) is -0.305. The molecule has 4 rings (SSSR count). The zero-order valence-corrected chi connectivity index (χ0v) is 19.2. The SMILES string of the molecule is CC(C)(C)OC(=O)N1C2CCC1CC(NC(=O)[C@@H]1CC[C@@H]3CN1C(=O)N3OS(=O)(=O)O)C2. The van der Waals surface area contributed by atoms with Gasteiger partial charge in [-0.1, -0.05) is 0 Å². The Bertz CT molecular complexity index is 889. The third kappa shape index (κ3) is 4.64. The van der Waals surface area contributed by atoms with Gasteiger partial charge in [0.2, 0.25) is 5.91 Å². The average Bonchev–Trinajstić information content (AvgIpc) is 3.05. The number of hydrogen-bond acceptors (Lipinski definition) is 7. The molecule has 4 atom stereocenters. The van der Waals surface area contributed by atoms with Gasteiger partial charge in [0.15, 0.2) is 0 Å². The maximum Gasteiger partial charge on any atom is 0.418 e. The van der Waals surface area contributed by atoms with E-state index in [1.54, 1.807) is 4.90 Å². The molecular formula is C19H30N4O8S. The maximum atomic E-state index is 13.0. The highest BCUT2D eigenvalue weighted by molar-refractivity contribution is 7.80. The van der Waals surface area contributed by atoms with Crippen LogP contribution in [0.5, 0.6) is 0 Å². The fourth-order valence-corrected chi connectivity index (χ4v) is 5.70. The molecule has 4 aliphatic heterocycles. The minimum Gasteiger partial charge on any atom is -0.444 e. The molecule has 2 N–H and O–H groups in total. The van der Waals surface area contributed by atoms with Crippen LogP contribution in [0.1, 0.15) is 59.3 Å². The van der Waals surface area contributed by atoms with Crippen molar-refractivity contribution in [2.24, 2.45) is 0 Å². The molecule has 0 radical (unpaired) electrons. The van der Waals surface area contributed by atoms with Crippen LogP contribution in [0, 0.1) is 0 Å². The Hall–Kier alpha value is -2.12. The van der Waals surface area contributed by atoms with Crippen LogP contribution in [0.4, 0.5) is 9.59 Å². The molecule has 180 valence electrons. The third-order valence-electron chi connectivity index (χ3n) is 6.48. The lowest BCUT2D eigenvalue weighted by atomic mass is 9.96. The van der Waals surface area contributed by atoms with Crippen LogP contribution in [0.15, 0.2) is 0 Å². The van der Waals surface area contributed by atoms with Crippen LogP contribution < -0.4 is 5.32 Å². The second-order valence-electron chi connectivity index (χ2n) is 9.96. The number of urea groups is 1. The minimum absolute atomic E-state index is 0.00305. The van der Waals surface area contributed by atoms with E-state index < -0.39 is 34.1 Å². The molecule has 13 heteroatoms. The third-order valence-corrected chi connectivity index (χ3v) is 6.83. The number of piperidine rings is 2. The number of nitrogens with zero attached hydrogens (tertiary/aromatic N) is 3. The summed E-state index contributed by atoms with van der Waals surface area (Å²) in [6, 6.07) is -2.17. The topological polar surface area (TPSA) is 146 Å². The van der Waals surface area contributed by atoms with Gasteiger partial charge in [-0.15, -0.1) is 4.28 Å². The lowest BCUT2D eigenvalue weighted by Gasteiger charge is -2.40. The largest absolute Gasteiger partial charge is 0.444 e. The first-order valence-corrected chi connectivity index (χ1v) is 12.3. The van der Waals surface area contributed by atoms with E-state index >= 15 is 0 Å². The van der Waals surface area contributed by atoms with Crippen molar-refractivity contribution in [1.82, 2.24) is 20.2 Å². The van der Waals surface area contributed by atoms with E-state index in [1.165, 1.54) is 4.90 Å². The number of hydrogen-bond donors (Lipinski definition) is 2. The normalized spacial score (nSPS) is 32.3.